The van der Waals surface area contributed by atoms with Crippen molar-refractivity contribution in [2.45, 2.75) is 19.6 Å². The van der Waals surface area contributed by atoms with Crippen LogP contribution in [-0.2, 0) is 4.79 Å². The Balaban J connectivity index is 1.76. The summed E-state index contributed by atoms with van der Waals surface area (Å²) in [4.78, 5) is 16.9. The van der Waals surface area contributed by atoms with E-state index in [1.165, 1.54) is 6.17 Å². The van der Waals surface area contributed by atoms with E-state index in [1.54, 1.807) is 6.07 Å². The number of hydrogen-bond donors (Lipinski definition) is 1. The van der Waals surface area contributed by atoms with Gasteiger partial charge in [-0.05, 0) is 18.3 Å². The highest BCUT2D eigenvalue weighted by Crippen LogP contribution is 2.20. The second kappa shape index (κ2) is 7.59. The average molecular weight is 340 g/mol. The topological polar surface area (TPSA) is 35.6 Å². The molecule has 0 aromatic heterocycles. The number of benzene rings is 1. The lowest BCUT2D eigenvalue weighted by molar-refractivity contribution is -0.117. The van der Waals surface area contributed by atoms with Crippen molar-refractivity contribution >= 4 is 31.3 Å². The smallest absolute Gasteiger partial charge is 0.238 e. The molecule has 1 aromatic carbocycles. The van der Waals surface area contributed by atoms with E-state index < -0.39 is 8.07 Å². The molecule has 1 saturated heterocycles. The average Bonchev–Trinajstić information content (AvgIpc) is 2.42. The SMILES string of the molecule is C[Si](C)(C)CN1CCN(CC(=O)Nc2ccccc2Cl)CC1. The molecule has 0 aliphatic carbocycles. The van der Waals surface area contributed by atoms with Gasteiger partial charge in [0.1, 0.15) is 0 Å². The van der Waals surface area contributed by atoms with Gasteiger partial charge in [0.25, 0.3) is 0 Å². The molecule has 1 amide bonds. The second-order valence-electron chi connectivity index (χ2n) is 7.14. The summed E-state index contributed by atoms with van der Waals surface area (Å²) in [5.74, 6) is 0.00625. The van der Waals surface area contributed by atoms with E-state index in [9.17, 15) is 4.79 Å². The molecule has 22 heavy (non-hydrogen) atoms. The maximum absolute atomic E-state index is 12.1. The van der Waals surface area contributed by atoms with Crippen molar-refractivity contribution in [3.63, 3.8) is 0 Å². The summed E-state index contributed by atoms with van der Waals surface area (Å²) in [5, 5.41) is 3.47. The lowest BCUT2D eigenvalue weighted by Crippen LogP contribution is -2.52. The molecular weight excluding hydrogens is 314 g/mol. The molecule has 2 rings (SSSR count). The Morgan fingerprint density at radius 3 is 2.32 bits per heavy atom. The van der Waals surface area contributed by atoms with Gasteiger partial charge in [0.2, 0.25) is 5.91 Å². The van der Waals surface area contributed by atoms with Crippen LogP contribution in [0.25, 0.3) is 0 Å². The summed E-state index contributed by atoms with van der Waals surface area (Å²) < 4.78 is 0. The molecule has 0 unspecified atom stereocenters. The van der Waals surface area contributed by atoms with Crippen molar-refractivity contribution in [1.29, 1.82) is 0 Å². The van der Waals surface area contributed by atoms with E-state index in [4.69, 9.17) is 11.6 Å². The first kappa shape index (κ1) is 17.5. The van der Waals surface area contributed by atoms with Crippen molar-refractivity contribution in [1.82, 2.24) is 9.80 Å². The minimum atomic E-state index is -1.04. The Kier molecular flexibility index (Phi) is 6.03. The molecule has 0 saturated carbocycles. The van der Waals surface area contributed by atoms with E-state index in [-0.39, 0.29) is 5.91 Å². The highest BCUT2D eigenvalue weighted by molar-refractivity contribution is 6.76. The molecule has 1 aromatic rings. The maximum atomic E-state index is 12.1. The van der Waals surface area contributed by atoms with Gasteiger partial charge in [0.05, 0.1) is 25.3 Å². The number of rotatable bonds is 5. The predicted molar refractivity (Wildman–Crippen MR) is 96.3 cm³/mol. The van der Waals surface area contributed by atoms with Crippen LogP contribution in [0.3, 0.4) is 0 Å². The monoisotopic (exact) mass is 339 g/mol. The highest BCUT2D eigenvalue weighted by atomic mass is 35.5. The summed E-state index contributed by atoms with van der Waals surface area (Å²) in [7, 11) is -1.04. The molecule has 0 spiro atoms. The zero-order valence-electron chi connectivity index (χ0n) is 13.7. The fraction of sp³-hybridized carbons (Fsp3) is 0.562. The number of piperazine rings is 1. The Hall–Kier alpha value is -0.883. The van der Waals surface area contributed by atoms with E-state index in [0.717, 1.165) is 26.2 Å². The third-order valence-electron chi connectivity index (χ3n) is 3.68. The first-order valence-corrected chi connectivity index (χ1v) is 11.9. The van der Waals surface area contributed by atoms with Crippen LogP contribution in [0, 0.1) is 0 Å². The minimum absolute atomic E-state index is 0.00625. The molecule has 4 nitrogen and oxygen atoms in total. The van der Waals surface area contributed by atoms with Crippen molar-refractivity contribution in [2.24, 2.45) is 0 Å². The summed E-state index contributed by atoms with van der Waals surface area (Å²) >= 11 is 6.06. The molecule has 122 valence electrons. The summed E-state index contributed by atoms with van der Waals surface area (Å²) in [6, 6.07) is 7.34. The molecule has 0 atom stereocenters. The number of amides is 1. The highest BCUT2D eigenvalue weighted by Gasteiger charge is 2.23. The van der Waals surface area contributed by atoms with E-state index in [2.05, 4.69) is 34.8 Å². The number of para-hydroxylation sites is 1. The van der Waals surface area contributed by atoms with Crippen molar-refractivity contribution in [3.8, 4) is 0 Å². The molecule has 1 aliphatic heterocycles. The second-order valence-corrected chi connectivity index (χ2v) is 13.0. The Morgan fingerprint density at radius 1 is 1.14 bits per heavy atom. The molecular formula is C16H26ClN3OSi. The van der Waals surface area contributed by atoms with Gasteiger partial charge in [0.15, 0.2) is 0 Å². The first-order chi connectivity index (χ1) is 10.3. The molecule has 0 radical (unpaired) electrons. The van der Waals surface area contributed by atoms with E-state index >= 15 is 0 Å². The van der Waals surface area contributed by atoms with Crippen LogP contribution in [0.5, 0.6) is 0 Å². The van der Waals surface area contributed by atoms with Gasteiger partial charge >= 0.3 is 0 Å². The molecule has 1 heterocycles. The van der Waals surface area contributed by atoms with Gasteiger partial charge in [0, 0.05) is 26.2 Å². The quantitative estimate of drug-likeness (QED) is 0.838. The summed E-state index contributed by atoms with van der Waals surface area (Å²) in [6.07, 6.45) is 1.24. The molecule has 1 fully saturated rings. The van der Waals surface area contributed by atoms with Gasteiger partial charge < -0.3 is 10.2 Å². The zero-order valence-corrected chi connectivity index (χ0v) is 15.5. The number of anilines is 1. The van der Waals surface area contributed by atoms with E-state index in [1.807, 2.05) is 18.2 Å². The molecule has 1 N–H and O–H groups in total. The zero-order chi connectivity index (χ0) is 16.2. The first-order valence-electron chi connectivity index (χ1n) is 7.82. The van der Waals surface area contributed by atoms with E-state index in [0.29, 0.717) is 17.3 Å². The fourth-order valence-electron chi connectivity index (χ4n) is 2.73. The van der Waals surface area contributed by atoms with Crippen LogP contribution in [0.1, 0.15) is 0 Å². The lowest BCUT2D eigenvalue weighted by atomic mass is 10.3. The maximum Gasteiger partial charge on any atom is 0.238 e. The normalized spacial score (nSPS) is 17.5. The van der Waals surface area contributed by atoms with Crippen LogP contribution >= 0.6 is 11.6 Å². The largest absolute Gasteiger partial charge is 0.324 e. The van der Waals surface area contributed by atoms with Gasteiger partial charge in [-0.2, -0.15) is 0 Å². The van der Waals surface area contributed by atoms with Crippen LogP contribution in [-0.4, -0.2) is 62.7 Å². The predicted octanol–water partition coefficient (Wildman–Crippen LogP) is 2.77. The van der Waals surface area contributed by atoms with Crippen LogP contribution in [0.15, 0.2) is 24.3 Å². The van der Waals surface area contributed by atoms with Crippen LogP contribution < -0.4 is 5.32 Å². The van der Waals surface area contributed by atoms with Gasteiger partial charge in [-0.15, -0.1) is 0 Å². The lowest BCUT2D eigenvalue weighted by Gasteiger charge is -2.37. The standard InChI is InChI=1S/C16H26ClN3OSi/c1-22(2,3)13-20-10-8-19(9-11-20)12-16(21)18-15-7-5-4-6-14(15)17/h4-7H,8-13H2,1-3H3,(H,18,21). The number of nitrogens with one attached hydrogen (secondary N) is 1. The van der Waals surface area contributed by atoms with Crippen molar-refractivity contribution in [2.75, 3.05) is 44.2 Å². The van der Waals surface area contributed by atoms with Crippen LogP contribution in [0.2, 0.25) is 24.7 Å². The Labute approximate surface area is 139 Å². The van der Waals surface area contributed by atoms with Crippen molar-refractivity contribution < 1.29 is 4.79 Å². The van der Waals surface area contributed by atoms with Gasteiger partial charge in [-0.3, -0.25) is 9.69 Å². The molecule has 1 aliphatic rings. The number of carbonyl (C=O) groups is 1. The van der Waals surface area contributed by atoms with Gasteiger partial charge in [-0.25, -0.2) is 0 Å². The van der Waals surface area contributed by atoms with Gasteiger partial charge in [-0.1, -0.05) is 43.4 Å². The third-order valence-corrected chi connectivity index (χ3v) is 5.40. The summed E-state index contributed by atoms with van der Waals surface area (Å²) in [6.45, 7) is 11.7. The van der Waals surface area contributed by atoms with Crippen LogP contribution in [0.4, 0.5) is 5.69 Å². The number of halogens is 1. The fourth-order valence-corrected chi connectivity index (χ4v) is 4.57. The number of carbonyl (C=O) groups excluding carboxylic acids is 1. The summed E-state index contributed by atoms with van der Waals surface area (Å²) in [5.41, 5.74) is 0.687. The minimum Gasteiger partial charge on any atom is -0.324 e. The Morgan fingerprint density at radius 2 is 1.73 bits per heavy atom. The molecule has 0 bridgehead atoms. The number of nitrogens with zero attached hydrogens (tertiary/aromatic N) is 2. The third kappa shape index (κ3) is 5.72. The Bertz CT molecular complexity index is 510. The molecule has 6 heteroatoms. The van der Waals surface area contributed by atoms with Crippen molar-refractivity contribution in [3.05, 3.63) is 29.3 Å². The number of hydrogen-bond acceptors (Lipinski definition) is 3.